The third-order valence-corrected chi connectivity index (χ3v) is 3.97. The predicted molar refractivity (Wildman–Crippen MR) is 74.1 cm³/mol. The second-order valence-electron chi connectivity index (χ2n) is 5.41. The molecule has 2 aromatic heterocycles. The number of rotatable bonds is 2. The Hall–Kier alpha value is -1.69. The number of anilines is 1. The van der Waals surface area contributed by atoms with Gasteiger partial charge in [-0.15, -0.1) is 0 Å². The Kier molecular flexibility index (Phi) is 3.10. The molecule has 1 atom stereocenters. The minimum Gasteiger partial charge on any atom is -0.356 e. The second-order valence-corrected chi connectivity index (χ2v) is 5.41. The normalized spacial score (nSPS) is 19.0. The van der Waals surface area contributed by atoms with Crippen LogP contribution in [0.2, 0.25) is 0 Å². The van der Waals surface area contributed by atoms with Crippen molar-refractivity contribution in [2.24, 2.45) is 11.7 Å². The fourth-order valence-electron chi connectivity index (χ4n) is 2.79. The van der Waals surface area contributed by atoms with Crippen LogP contribution in [0.15, 0.2) is 12.4 Å². The van der Waals surface area contributed by atoms with Gasteiger partial charge in [0, 0.05) is 30.9 Å². The molecule has 1 unspecified atom stereocenters. The van der Waals surface area contributed by atoms with E-state index in [9.17, 15) is 0 Å². The van der Waals surface area contributed by atoms with Gasteiger partial charge in [-0.3, -0.25) is 0 Å². The third kappa shape index (κ3) is 2.28. The van der Waals surface area contributed by atoms with Crippen LogP contribution < -0.4 is 10.6 Å². The summed E-state index contributed by atoms with van der Waals surface area (Å²) in [5, 5.41) is 4.27. The Morgan fingerprint density at radius 1 is 1.37 bits per heavy atom. The molecule has 2 aromatic rings. The summed E-state index contributed by atoms with van der Waals surface area (Å²) >= 11 is 0. The molecule has 0 radical (unpaired) electrons. The largest absolute Gasteiger partial charge is 0.356 e. The number of fused-ring (bicyclic) bond motifs is 1. The number of aryl methyl sites for hydroxylation is 1. The van der Waals surface area contributed by atoms with E-state index in [4.69, 9.17) is 5.73 Å². The molecule has 0 aromatic carbocycles. The first-order valence-corrected chi connectivity index (χ1v) is 6.83. The topological polar surface area (TPSA) is 72.3 Å². The molecule has 0 saturated carbocycles. The first-order valence-electron chi connectivity index (χ1n) is 6.83. The summed E-state index contributed by atoms with van der Waals surface area (Å²) in [5.74, 6) is 2.39. The van der Waals surface area contributed by atoms with Gasteiger partial charge in [0.15, 0.2) is 0 Å². The Bertz CT molecular complexity index is 568. The number of hydrogen-bond donors (Lipinski definition) is 1. The Morgan fingerprint density at radius 3 is 2.79 bits per heavy atom. The van der Waals surface area contributed by atoms with Crippen molar-refractivity contribution < 1.29 is 0 Å². The fourth-order valence-corrected chi connectivity index (χ4v) is 2.79. The van der Waals surface area contributed by atoms with Crippen LogP contribution in [0.25, 0.3) is 5.78 Å². The summed E-state index contributed by atoms with van der Waals surface area (Å²) in [4.78, 5) is 10.9. The Morgan fingerprint density at radius 2 is 2.11 bits per heavy atom. The maximum atomic E-state index is 5.99. The predicted octanol–water partition coefficient (Wildman–Crippen LogP) is 0.996. The molecule has 1 fully saturated rings. The molecule has 1 aliphatic rings. The molecule has 19 heavy (non-hydrogen) atoms. The zero-order valence-electron chi connectivity index (χ0n) is 11.5. The van der Waals surface area contributed by atoms with Crippen LogP contribution in [0, 0.1) is 12.8 Å². The van der Waals surface area contributed by atoms with Crippen molar-refractivity contribution in [1.29, 1.82) is 0 Å². The molecule has 2 N–H and O–H groups in total. The molecular weight excluding hydrogens is 240 g/mol. The van der Waals surface area contributed by atoms with Crippen LogP contribution in [-0.2, 0) is 0 Å². The van der Waals surface area contributed by atoms with E-state index in [0.717, 1.165) is 37.4 Å². The second kappa shape index (κ2) is 4.77. The summed E-state index contributed by atoms with van der Waals surface area (Å²) < 4.78 is 1.82. The molecular formula is C13H20N6. The first-order chi connectivity index (χ1) is 9.15. The summed E-state index contributed by atoms with van der Waals surface area (Å²) in [6.07, 6.45) is 3.82. The minimum absolute atomic E-state index is 0.285. The molecule has 1 saturated heterocycles. The van der Waals surface area contributed by atoms with Crippen molar-refractivity contribution in [3.8, 4) is 0 Å². The van der Waals surface area contributed by atoms with Crippen LogP contribution >= 0.6 is 0 Å². The lowest BCUT2D eigenvalue weighted by molar-refractivity contribution is 0.353. The smallest absolute Gasteiger partial charge is 0.254 e. The van der Waals surface area contributed by atoms with Gasteiger partial charge >= 0.3 is 0 Å². The van der Waals surface area contributed by atoms with Gasteiger partial charge in [-0.05, 0) is 32.6 Å². The molecule has 0 spiro atoms. The van der Waals surface area contributed by atoms with E-state index < -0.39 is 0 Å². The van der Waals surface area contributed by atoms with E-state index in [1.807, 2.05) is 11.4 Å². The molecule has 1 aliphatic heterocycles. The third-order valence-electron chi connectivity index (χ3n) is 3.97. The molecule has 102 valence electrons. The lowest BCUT2D eigenvalue weighted by Gasteiger charge is -2.35. The van der Waals surface area contributed by atoms with E-state index in [1.165, 1.54) is 0 Å². The van der Waals surface area contributed by atoms with E-state index in [0.29, 0.717) is 11.7 Å². The maximum absolute atomic E-state index is 5.99. The maximum Gasteiger partial charge on any atom is 0.254 e. The summed E-state index contributed by atoms with van der Waals surface area (Å²) in [7, 11) is 0. The van der Waals surface area contributed by atoms with E-state index in [-0.39, 0.29) is 6.04 Å². The average Bonchev–Trinajstić information content (AvgIpc) is 2.85. The highest BCUT2D eigenvalue weighted by Gasteiger charge is 2.23. The SMILES string of the molecule is Cc1cc(N2CCC(C(C)N)CC2)n2ncnc2n1. The monoisotopic (exact) mass is 260 g/mol. The zero-order chi connectivity index (χ0) is 13.4. The van der Waals surface area contributed by atoms with Gasteiger partial charge in [-0.2, -0.15) is 14.6 Å². The lowest BCUT2D eigenvalue weighted by Crippen LogP contribution is -2.40. The number of piperidine rings is 1. The van der Waals surface area contributed by atoms with E-state index >= 15 is 0 Å². The highest BCUT2D eigenvalue weighted by atomic mass is 15.4. The number of hydrogen-bond acceptors (Lipinski definition) is 5. The standard InChI is InChI=1S/C13H20N6/c1-9-7-12(19-13(17-9)15-8-16-19)18-5-3-11(4-6-18)10(2)14/h7-8,10-11H,3-6,14H2,1-2H3. The highest BCUT2D eigenvalue weighted by molar-refractivity contribution is 5.47. The summed E-state index contributed by atoms with van der Waals surface area (Å²) in [6, 6.07) is 2.36. The molecule has 0 amide bonds. The van der Waals surface area contributed by atoms with Crippen molar-refractivity contribution in [2.45, 2.75) is 32.7 Å². The van der Waals surface area contributed by atoms with Gasteiger partial charge in [-0.25, -0.2) is 4.98 Å². The number of aromatic nitrogens is 4. The fraction of sp³-hybridized carbons (Fsp3) is 0.615. The van der Waals surface area contributed by atoms with E-state index in [2.05, 4.69) is 33.0 Å². The van der Waals surface area contributed by atoms with Crippen LogP contribution in [0.1, 0.15) is 25.5 Å². The van der Waals surface area contributed by atoms with Crippen molar-refractivity contribution >= 4 is 11.6 Å². The lowest BCUT2D eigenvalue weighted by atomic mass is 9.91. The van der Waals surface area contributed by atoms with Crippen molar-refractivity contribution in [2.75, 3.05) is 18.0 Å². The van der Waals surface area contributed by atoms with Crippen LogP contribution in [0.3, 0.4) is 0 Å². The number of nitrogens with two attached hydrogens (primary N) is 1. The molecule has 6 heteroatoms. The van der Waals surface area contributed by atoms with Gasteiger partial charge in [0.25, 0.3) is 5.78 Å². The summed E-state index contributed by atoms with van der Waals surface area (Å²) in [5.41, 5.74) is 6.97. The van der Waals surface area contributed by atoms with Gasteiger partial charge in [0.05, 0.1) is 0 Å². The Balaban J connectivity index is 1.87. The minimum atomic E-state index is 0.285. The Labute approximate surface area is 112 Å². The van der Waals surface area contributed by atoms with Crippen molar-refractivity contribution in [3.63, 3.8) is 0 Å². The molecule has 6 nitrogen and oxygen atoms in total. The van der Waals surface area contributed by atoms with Gasteiger partial charge in [0.2, 0.25) is 0 Å². The molecule has 0 aliphatic carbocycles. The highest BCUT2D eigenvalue weighted by Crippen LogP contribution is 2.24. The van der Waals surface area contributed by atoms with Gasteiger partial charge < -0.3 is 10.6 Å². The van der Waals surface area contributed by atoms with Crippen LogP contribution in [-0.4, -0.2) is 38.7 Å². The van der Waals surface area contributed by atoms with Crippen LogP contribution in [0.4, 0.5) is 5.82 Å². The quantitative estimate of drug-likeness (QED) is 0.872. The first kappa shape index (κ1) is 12.3. The molecule has 0 bridgehead atoms. The van der Waals surface area contributed by atoms with Gasteiger partial charge in [-0.1, -0.05) is 0 Å². The molecule has 3 heterocycles. The zero-order valence-corrected chi connectivity index (χ0v) is 11.5. The summed E-state index contributed by atoms with van der Waals surface area (Å²) in [6.45, 7) is 6.13. The van der Waals surface area contributed by atoms with Crippen molar-refractivity contribution in [1.82, 2.24) is 19.6 Å². The molecule has 3 rings (SSSR count). The number of nitrogens with zero attached hydrogens (tertiary/aromatic N) is 5. The van der Waals surface area contributed by atoms with Crippen molar-refractivity contribution in [3.05, 3.63) is 18.1 Å². The van der Waals surface area contributed by atoms with Crippen LogP contribution in [0.5, 0.6) is 0 Å². The van der Waals surface area contributed by atoms with Gasteiger partial charge in [0.1, 0.15) is 12.1 Å². The van der Waals surface area contributed by atoms with E-state index in [1.54, 1.807) is 6.33 Å². The average molecular weight is 260 g/mol.